The number of hydrazone groups is 1. The molecule has 9 nitrogen and oxygen atoms in total. The van der Waals surface area contributed by atoms with E-state index in [1.165, 1.54) is 34.6 Å². The molecule has 0 aromatic heterocycles. The number of para-hydroxylation sites is 1. The normalized spacial score (nSPS) is 11.6. The molecule has 0 atom stereocenters. The summed E-state index contributed by atoms with van der Waals surface area (Å²) >= 11 is 0. The van der Waals surface area contributed by atoms with Crippen molar-refractivity contribution >= 4 is 33.0 Å². The van der Waals surface area contributed by atoms with Gasteiger partial charge in [-0.15, -0.1) is 0 Å². The summed E-state index contributed by atoms with van der Waals surface area (Å²) in [6.45, 7) is 3.53. The third-order valence-electron chi connectivity index (χ3n) is 6.02. The number of hydrogen-bond donors (Lipinski definition) is 1. The van der Waals surface area contributed by atoms with Crippen molar-refractivity contribution in [3.63, 3.8) is 0 Å². The van der Waals surface area contributed by atoms with Crippen molar-refractivity contribution in [2.45, 2.75) is 25.3 Å². The molecule has 4 aromatic rings. The largest absolute Gasteiger partial charge is 0.273 e. The number of non-ortho nitro benzene ring substituents is 1. The number of nitrogens with one attached hydrogen (secondary N) is 1. The van der Waals surface area contributed by atoms with Crippen LogP contribution in [-0.2, 0) is 16.6 Å². The van der Waals surface area contributed by atoms with Crippen LogP contribution < -0.4 is 9.73 Å². The molecule has 0 saturated carbocycles. The number of rotatable bonds is 9. The number of anilines is 1. The van der Waals surface area contributed by atoms with Gasteiger partial charge in [0.05, 0.1) is 33.3 Å². The molecule has 0 aliphatic rings. The number of nitro groups is 1. The average Bonchev–Trinajstić information content (AvgIpc) is 2.95. The molecule has 4 rings (SSSR count). The zero-order chi connectivity index (χ0) is 28.0. The monoisotopic (exact) mass is 542 g/mol. The molecule has 0 spiro atoms. The summed E-state index contributed by atoms with van der Waals surface area (Å²) in [5, 5.41) is 15.0. The molecule has 1 amide bonds. The van der Waals surface area contributed by atoms with Gasteiger partial charge in [0.15, 0.2) is 0 Å². The third kappa shape index (κ3) is 6.36. The van der Waals surface area contributed by atoms with Crippen LogP contribution in [-0.4, -0.2) is 25.0 Å². The number of aryl methyl sites for hydroxylation is 1. The molecule has 0 radical (unpaired) electrons. The predicted molar refractivity (Wildman–Crippen MR) is 150 cm³/mol. The van der Waals surface area contributed by atoms with E-state index >= 15 is 0 Å². The standard InChI is InChI=1S/C29H26N4O5S/c1-21-12-18-26(19-13-21)39(37,38)32(20-23-8-4-3-5-9-23)28-11-7-6-10-27(28)29(34)31-30-22(2)24-14-16-25(17-15-24)33(35)36/h3-19H,20H2,1-2H3,(H,31,34)/b30-22-. The maximum atomic E-state index is 13.9. The van der Waals surface area contributed by atoms with Crippen molar-refractivity contribution in [2.24, 2.45) is 5.10 Å². The van der Waals surface area contributed by atoms with E-state index in [2.05, 4.69) is 10.5 Å². The zero-order valence-corrected chi connectivity index (χ0v) is 22.1. The van der Waals surface area contributed by atoms with Gasteiger partial charge < -0.3 is 0 Å². The highest BCUT2D eigenvalue weighted by atomic mass is 32.2. The van der Waals surface area contributed by atoms with Crippen LogP contribution in [0.15, 0.2) is 113 Å². The smallest absolute Gasteiger partial charge is 0.267 e. The summed E-state index contributed by atoms with van der Waals surface area (Å²) < 4.78 is 29.0. The molecule has 0 unspecified atom stereocenters. The first-order valence-electron chi connectivity index (χ1n) is 12.0. The van der Waals surface area contributed by atoms with E-state index < -0.39 is 20.9 Å². The molecule has 0 fully saturated rings. The number of hydrogen-bond acceptors (Lipinski definition) is 6. The van der Waals surface area contributed by atoms with E-state index in [1.54, 1.807) is 49.4 Å². The molecule has 39 heavy (non-hydrogen) atoms. The van der Waals surface area contributed by atoms with E-state index in [-0.39, 0.29) is 28.4 Å². The Hall–Kier alpha value is -4.83. The first kappa shape index (κ1) is 27.2. The molecular weight excluding hydrogens is 516 g/mol. The molecule has 0 saturated heterocycles. The summed E-state index contributed by atoms with van der Waals surface area (Å²) in [5.41, 5.74) is 5.41. The van der Waals surface area contributed by atoms with Crippen molar-refractivity contribution < 1.29 is 18.1 Å². The van der Waals surface area contributed by atoms with Crippen molar-refractivity contribution in [3.05, 3.63) is 135 Å². The van der Waals surface area contributed by atoms with Crippen LogP contribution in [0.25, 0.3) is 0 Å². The molecule has 0 bridgehead atoms. The fourth-order valence-electron chi connectivity index (χ4n) is 3.85. The Labute approximate surface area is 226 Å². The topological polar surface area (TPSA) is 122 Å². The molecular formula is C29H26N4O5S. The Morgan fingerprint density at radius 2 is 1.51 bits per heavy atom. The second-order valence-electron chi connectivity index (χ2n) is 8.77. The van der Waals surface area contributed by atoms with Crippen molar-refractivity contribution in [2.75, 3.05) is 4.31 Å². The first-order valence-corrected chi connectivity index (χ1v) is 13.4. The quantitative estimate of drug-likeness (QED) is 0.171. The summed E-state index contributed by atoms with van der Waals surface area (Å²) in [7, 11) is -4.05. The Balaban J connectivity index is 1.69. The lowest BCUT2D eigenvalue weighted by Gasteiger charge is -2.26. The van der Waals surface area contributed by atoms with Crippen molar-refractivity contribution in [1.29, 1.82) is 0 Å². The van der Waals surface area contributed by atoms with Gasteiger partial charge in [-0.25, -0.2) is 13.8 Å². The molecule has 10 heteroatoms. The molecule has 0 heterocycles. The van der Waals surface area contributed by atoms with E-state index in [0.717, 1.165) is 11.1 Å². The molecule has 4 aromatic carbocycles. The molecule has 0 aliphatic carbocycles. The SMILES string of the molecule is C/C(=N/NC(=O)c1ccccc1N(Cc1ccccc1)S(=O)(=O)c1ccc(C)cc1)c1ccc([N+](=O)[O-])cc1. The van der Waals surface area contributed by atoms with E-state index in [4.69, 9.17) is 0 Å². The van der Waals surface area contributed by atoms with E-state index in [9.17, 15) is 23.3 Å². The van der Waals surface area contributed by atoms with Crippen LogP contribution in [0.1, 0.15) is 34.0 Å². The molecule has 198 valence electrons. The first-order chi connectivity index (χ1) is 18.7. The van der Waals surface area contributed by atoms with Crippen molar-refractivity contribution in [1.82, 2.24) is 5.43 Å². The van der Waals surface area contributed by atoms with Gasteiger partial charge in [0, 0.05) is 12.1 Å². The second kappa shape index (κ2) is 11.7. The van der Waals surface area contributed by atoms with Crippen molar-refractivity contribution in [3.8, 4) is 0 Å². The van der Waals surface area contributed by atoms with Gasteiger partial charge in [0.25, 0.3) is 21.6 Å². The van der Waals surface area contributed by atoms with Crippen LogP contribution in [0.3, 0.4) is 0 Å². The van der Waals surface area contributed by atoms with Gasteiger partial charge in [-0.2, -0.15) is 5.10 Å². The average molecular weight is 543 g/mol. The minimum atomic E-state index is -4.05. The highest BCUT2D eigenvalue weighted by molar-refractivity contribution is 7.92. The lowest BCUT2D eigenvalue weighted by molar-refractivity contribution is -0.384. The van der Waals surface area contributed by atoms with Crippen LogP contribution in [0.2, 0.25) is 0 Å². The van der Waals surface area contributed by atoms with E-state index in [1.807, 2.05) is 37.3 Å². The number of nitro benzene ring substituents is 1. The van der Waals surface area contributed by atoms with Gasteiger partial charge in [-0.05, 0) is 61.4 Å². The minimum Gasteiger partial charge on any atom is -0.267 e. The number of nitrogens with zero attached hydrogens (tertiary/aromatic N) is 3. The second-order valence-corrected chi connectivity index (χ2v) is 10.6. The third-order valence-corrected chi connectivity index (χ3v) is 7.79. The number of carbonyl (C=O) groups excluding carboxylic acids is 1. The summed E-state index contributed by atoms with van der Waals surface area (Å²) in [6.07, 6.45) is 0. The number of amides is 1. The van der Waals surface area contributed by atoms with Crippen LogP contribution in [0.5, 0.6) is 0 Å². The summed E-state index contributed by atoms with van der Waals surface area (Å²) in [4.78, 5) is 23.8. The number of carbonyl (C=O) groups is 1. The minimum absolute atomic E-state index is 0.00638. The molecule has 0 aliphatic heterocycles. The Kier molecular flexibility index (Phi) is 8.16. The van der Waals surface area contributed by atoms with Crippen LogP contribution in [0.4, 0.5) is 11.4 Å². The van der Waals surface area contributed by atoms with Gasteiger partial charge in [-0.1, -0.05) is 60.2 Å². The Morgan fingerprint density at radius 3 is 2.15 bits per heavy atom. The number of benzene rings is 4. The Morgan fingerprint density at radius 1 is 0.897 bits per heavy atom. The summed E-state index contributed by atoms with van der Waals surface area (Å²) in [5.74, 6) is -0.607. The highest BCUT2D eigenvalue weighted by Gasteiger charge is 2.28. The fourth-order valence-corrected chi connectivity index (χ4v) is 5.32. The molecule has 1 N–H and O–H groups in total. The lowest BCUT2D eigenvalue weighted by atomic mass is 10.1. The summed E-state index contributed by atoms with van der Waals surface area (Å²) in [6, 6.07) is 27.8. The van der Waals surface area contributed by atoms with Gasteiger partial charge in [0.2, 0.25) is 0 Å². The van der Waals surface area contributed by atoms with Crippen LogP contribution in [0, 0.1) is 17.0 Å². The van der Waals surface area contributed by atoms with Gasteiger partial charge in [-0.3, -0.25) is 19.2 Å². The Bertz CT molecular complexity index is 1620. The van der Waals surface area contributed by atoms with Gasteiger partial charge >= 0.3 is 0 Å². The lowest BCUT2D eigenvalue weighted by Crippen LogP contribution is -2.33. The fraction of sp³-hybridized carbons (Fsp3) is 0.103. The highest BCUT2D eigenvalue weighted by Crippen LogP contribution is 2.29. The maximum absolute atomic E-state index is 13.9. The van der Waals surface area contributed by atoms with E-state index in [0.29, 0.717) is 11.3 Å². The van der Waals surface area contributed by atoms with Gasteiger partial charge in [0.1, 0.15) is 0 Å². The number of sulfonamides is 1. The predicted octanol–water partition coefficient (Wildman–Crippen LogP) is 5.45. The maximum Gasteiger partial charge on any atom is 0.273 e. The van der Waals surface area contributed by atoms with Crippen LogP contribution >= 0.6 is 0 Å². The zero-order valence-electron chi connectivity index (χ0n) is 21.3.